The number of nitrogens with zero attached hydrogens (tertiary/aromatic N) is 3. The Hall–Kier alpha value is -4.85. The summed E-state index contributed by atoms with van der Waals surface area (Å²) in [4.78, 5) is 32.7. The number of aliphatic carboxylic acids is 1. The first kappa shape index (κ1) is 28.7. The molecule has 0 aliphatic heterocycles. The standard InChI is InChI=1S/C25H32N8O6/c26-18(12-14-3-7-16(34)8-4-14)21-32-22(39-33-21)20(13-15-5-9-17(35)10-6-15)31-25(38)30-19(23(36)37)2-1-11-29-24(27)28/h3-10,18-20,34-35H,1-2,11-13,26H2,(H,36,37)(H4,27,28,29)(H2,30,31,38)/t18-,19-,20-/m0/s1. The Morgan fingerprint density at radius 1 is 0.949 bits per heavy atom. The molecule has 0 unspecified atom stereocenters. The molecule has 14 heteroatoms. The normalized spacial score (nSPS) is 13.2. The Kier molecular flexibility index (Phi) is 10.0. The van der Waals surface area contributed by atoms with Gasteiger partial charge in [-0.15, -0.1) is 0 Å². The number of aromatic nitrogens is 2. The van der Waals surface area contributed by atoms with E-state index in [9.17, 15) is 24.9 Å². The van der Waals surface area contributed by atoms with Crippen molar-refractivity contribution in [2.24, 2.45) is 22.2 Å². The topological polar surface area (TPSA) is 248 Å². The van der Waals surface area contributed by atoms with Crippen LogP contribution in [0.5, 0.6) is 11.5 Å². The van der Waals surface area contributed by atoms with E-state index in [-0.39, 0.29) is 48.6 Å². The third kappa shape index (κ3) is 9.19. The molecular weight excluding hydrogens is 508 g/mol. The fourth-order valence-corrected chi connectivity index (χ4v) is 3.70. The van der Waals surface area contributed by atoms with E-state index in [1.54, 1.807) is 36.4 Å². The summed E-state index contributed by atoms with van der Waals surface area (Å²) in [7, 11) is 0. The second-order valence-electron chi connectivity index (χ2n) is 8.85. The molecular formula is C25H32N8O6. The van der Waals surface area contributed by atoms with Gasteiger partial charge >= 0.3 is 12.0 Å². The van der Waals surface area contributed by atoms with Crippen molar-refractivity contribution in [3.05, 3.63) is 71.4 Å². The number of hydrogen-bond donors (Lipinski definition) is 8. The quantitative estimate of drug-likeness (QED) is 0.0855. The van der Waals surface area contributed by atoms with Gasteiger partial charge in [-0.3, -0.25) is 4.99 Å². The van der Waals surface area contributed by atoms with E-state index in [1.165, 1.54) is 12.1 Å². The Bertz CT molecular complexity index is 1260. The maximum atomic E-state index is 12.8. The molecule has 3 aromatic rings. The zero-order valence-corrected chi connectivity index (χ0v) is 21.0. The molecule has 0 saturated heterocycles. The number of urea groups is 1. The van der Waals surface area contributed by atoms with Crippen LogP contribution in [0.2, 0.25) is 0 Å². The zero-order valence-electron chi connectivity index (χ0n) is 21.0. The smallest absolute Gasteiger partial charge is 0.326 e. The van der Waals surface area contributed by atoms with E-state index in [0.717, 1.165) is 11.1 Å². The first-order chi connectivity index (χ1) is 18.6. The molecule has 2 aromatic carbocycles. The molecule has 208 valence electrons. The van der Waals surface area contributed by atoms with Gasteiger partial charge in [0.05, 0.1) is 6.04 Å². The summed E-state index contributed by atoms with van der Waals surface area (Å²) in [5.74, 6) is -0.842. The third-order valence-corrected chi connectivity index (χ3v) is 5.71. The number of carboxylic acid groups (broad SMARTS) is 1. The van der Waals surface area contributed by atoms with Gasteiger partial charge in [-0.2, -0.15) is 4.98 Å². The number of aromatic hydroxyl groups is 2. The number of aliphatic imine (C=N–C) groups is 1. The molecule has 0 aliphatic rings. The largest absolute Gasteiger partial charge is 0.508 e. The summed E-state index contributed by atoms with van der Waals surface area (Å²) in [5, 5.41) is 37.7. The van der Waals surface area contributed by atoms with Gasteiger partial charge in [0.1, 0.15) is 23.6 Å². The van der Waals surface area contributed by atoms with Crippen LogP contribution >= 0.6 is 0 Å². The highest BCUT2D eigenvalue weighted by molar-refractivity contribution is 5.82. The van der Waals surface area contributed by atoms with Gasteiger partial charge in [-0.25, -0.2) is 9.59 Å². The van der Waals surface area contributed by atoms with Crippen LogP contribution in [0.15, 0.2) is 58.0 Å². The van der Waals surface area contributed by atoms with Crippen molar-refractivity contribution < 1.29 is 29.4 Å². The number of hydrogen-bond acceptors (Lipinski definition) is 9. The van der Waals surface area contributed by atoms with Gasteiger partial charge < -0.3 is 47.7 Å². The molecule has 1 aromatic heterocycles. The molecule has 0 saturated carbocycles. The van der Waals surface area contributed by atoms with Gasteiger partial charge in [0, 0.05) is 13.0 Å². The number of amides is 2. The summed E-state index contributed by atoms with van der Waals surface area (Å²) >= 11 is 0. The summed E-state index contributed by atoms with van der Waals surface area (Å²) in [5.41, 5.74) is 18.4. The second-order valence-corrected chi connectivity index (χ2v) is 8.85. The number of nitrogens with two attached hydrogens (primary N) is 3. The van der Waals surface area contributed by atoms with Crippen LogP contribution in [0.25, 0.3) is 0 Å². The Balaban J connectivity index is 1.72. The molecule has 14 nitrogen and oxygen atoms in total. The number of carbonyl (C=O) groups is 2. The molecule has 0 spiro atoms. The maximum Gasteiger partial charge on any atom is 0.326 e. The number of nitrogens with one attached hydrogen (secondary N) is 2. The molecule has 3 atom stereocenters. The summed E-state index contributed by atoms with van der Waals surface area (Å²) in [6, 6.07) is 9.45. The number of rotatable bonds is 13. The third-order valence-electron chi connectivity index (χ3n) is 5.71. The van der Waals surface area contributed by atoms with Crippen LogP contribution in [0, 0.1) is 0 Å². The van der Waals surface area contributed by atoms with Crippen molar-refractivity contribution in [2.45, 2.75) is 43.8 Å². The molecule has 0 radical (unpaired) electrons. The minimum absolute atomic E-state index is 0.0639. The van der Waals surface area contributed by atoms with Crippen molar-refractivity contribution >= 4 is 18.0 Å². The van der Waals surface area contributed by atoms with Gasteiger partial charge in [0.15, 0.2) is 11.8 Å². The van der Waals surface area contributed by atoms with Crippen molar-refractivity contribution in [3.63, 3.8) is 0 Å². The lowest BCUT2D eigenvalue weighted by Crippen LogP contribution is -2.47. The van der Waals surface area contributed by atoms with Crippen LogP contribution in [0.4, 0.5) is 4.79 Å². The number of carboxylic acids is 1. The maximum absolute atomic E-state index is 12.8. The van der Waals surface area contributed by atoms with E-state index < -0.39 is 30.1 Å². The Labute approximate surface area is 223 Å². The number of benzene rings is 2. The summed E-state index contributed by atoms with van der Waals surface area (Å²) in [6.45, 7) is 0.216. The summed E-state index contributed by atoms with van der Waals surface area (Å²) < 4.78 is 5.43. The lowest BCUT2D eigenvalue weighted by molar-refractivity contribution is -0.139. The lowest BCUT2D eigenvalue weighted by Gasteiger charge is -2.19. The monoisotopic (exact) mass is 540 g/mol. The minimum Gasteiger partial charge on any atom is -0.508 e. The molecule has 11 N–H and O–H groups in total. The SMILES string of the molecule is NC(N)=NCCC[C@H](NC(=O)N[C@@H](Cc1ccc(O)cc1)c1nc([C@@H](N)Cc2ccc(O)cc2)no1)C(=O)O. The predicted molar refractivity (Wildman–Crippen MR) is 141 cm³/mol. The van der Waals surface area contributed by atoms with E-state index in [1.807, 2.05) is 0 Å². The van der Waals surface area contributed by atoms with Gasteiger partial charge in [-0.05, 0) is 54.7 Å². The number of phenols is 2. The van der Waals surface area contributed by atoms with Crippen LogP contribution in [0.3, 0.4) is 0 Å². The lowest BCUT2D eigenvalue weighted by atomic mass is 10.0. The van der Waals surface area contributed by atoms with Gasteiger partial charge in [0.25, 0.3) is 0 Å². The minimum atomic E-state index is -1.22. The highest BCUT2D eigenvalue weighted by atomic mass is 16.5. The van der Waals surface area contributed by atoms with Gasteiger partial charge in [-0.1, -0.05) is 29.4 Å². The van der Waals surface area contributed by atoms with Gasteiger partial charge in [0.2, 0.25) is 5.89 Å². The van der Waals surface area contributed by atoms with Crippen LogP contribution in [0.1, 0.15) is 47.8 Å². The van der Waals surface area contributed by atoms with Crippen LogP contribution in [-0.2, 0) is 17.6 Å². The average molecular weight is 541 g/mol. The highest BCUT2D eigenvalue weighted by Crippen LogP contribution is 2.22. The Morgan fingerprint density at radius 2 is 1.54 bits per heavy atom. The van der Waals surface area contributed by atoms with Crippen molar-refractivity contribution in [1.82, 2.24) is 20.8 Å². The first-order valence-electron chi connectivity index (χ1n) is 12.1. The van der Waals surface area contributed by atoms with Crippen molar-refractivity contribution in [3.8, 4) is 11.5 Å². The second kappa shape index (κ2) is 13.6. The van der Waals surface area contributed by atoms with E-state index >= 15 is 0 Å². The van der Waals surface area contributed by atoms with E-state index in [0.29, 0.717) is 12.8 Å². The Morgan fingerprint density at radius 3 is 2.10 bits per heavy atom. The fraction of sp³-hybridized carbons (Fsp3) is 0.320. The van der Waals surface area contributed by atoms with Crippen molar-refractivity contribution in [2.75, 3.05) is 6.54 Å². The predicted octanol–water partition coefficient (Wildman–Crippen LogP) is 0.813. The molecule has 0 bridgehead atoms. The molecule has 0 fully saturated rings. The zero-order chi connectivity index (χ0) is 28.4. The van der Waals surface area contributed by atoms with Crippen molar-refractivity contribution in [1.29, 1.82) is 0 Å². The highest BCUT2D eigenvalue weighted by Gasteiger charge is 2.26. The van der Waals surface area contributed by atoms with E-state index in [2.05, 4.69) is 25.8 Å². The molecule has 39 heavy (non-hydrogen) atoms. The number of phenolic OH excluding ortho intramolecular Hbond substituents is 2. The molecule has 2 amide bonds. The molecule has 0 aliphatic carbocycles. The fourth-order valence-electron chi connectivity index (χ4n) is 3.70. The first-order valence-corrected chi connectivity index (χ1v) is 12.1. The average Bonchev–Trinajstić information content (AvgIpc) is 3.38. The van der Waals surface area contributed by atoms with Crippen LogP contribution in [-0.4, -0.2) is 56.0 Å². The number of carbonyl (C=O) groups excluding carboxylic acids is 1. The molecule has 1 heterocycles. The molecule has 3 rings (SSSR count). The van der Waals surface area contributed by atoms with E-state index in [4.69, 9.17) is 21.7 Å². The number of guanidine groups is 1. The summed E-state index contributed by atoms with van der Waals surface area (Å²) in [6.07, 6.45) is 0.998. The van der Waals surface area contributed by atoms with Crippen LogP contribution < -0.4 is 27.8 Å².